The van der Waals surface area contributed by atoms with Gasteiger partial charge >= 0.3 is 0 Å². The van der Waals surface area contributed by atoms with E-state index in [1.807, 2.05) is 0 Å². The summed E-state index contributed by atoms with van der Waals surface area (Å²) in [6.45, 7) is 14.4. The summed E-state index contributed by atoms with van der Waals surface area (Å²) in [6.07, 6.45) is 3.07. The van der Waals surface area contributed by atoms with E-state index in [2.05, 4.69) is 41.5 Å². The van der Waals surface area contributed by atoms with Crippen LogP contribution in [-0.4, -0.2) is 24.4 Å². The summed E-state index contributed by atoms with van der Waals surface area (Å²) in [7, 11) is 0. The summed E-state index contributed by atoms with van der Waals surface area (Å²) in [4.78, 5) is 0. The van der Waals surface area contributed by atoms with Crippen molar-refractivity contribution in [3.63, 3.8) is 0 Å². The number of hydrogen-bond acceptors (Lipinski definition) is 2. The lowest BCUT2D eigenvalue weighted by Crippen LogP contribution is -2.30. The summed E-state index contributed by atoms with van der Waals surface area (Å²) in [5, 5.41) is 0. The van der Waals surface area contributed by atoms with Crippen molar-refractivity contribution in [3.05, 3.63) is 0 Å². The lowest BCUT2D eigenvalue weighted by molar-refractivity contribution is -0.0727. The third-order valence-corrected chi connectivity index (χ3v) is 2.75. The lowest BCUT2D eigenvalue weighted by atomic mass is 10.0. The highest BCUT2D eigenvalue weighted by molar-refractivity contribution is 4.70. The molecule has 0 heterocycles. The second-order valence-corrected chi connectivity index (χ2v) is 5.32. The normalized spacial score (nSPS) is 13.2. The Hall–Kier alpha value is -0.0800. The first-order valence-electron chi connectivity index (χ1n) is 6.11. The van der Waals surface area contributed by atoms with E-state index in [1.165, 1.54) is 0 Å². The lowest BCUT2D eigenvalue weighted by Gasteiger charge is -2.29. The molecule has 0 amide bonds. The Morgan fingerprint density at radius 1 is 0.800 bits per heavy atom. The van der Waals surface area contributed by atoms with Crippen molar-refractivity contribution in [2.24, 2.45) is 0 Å². The Labute approximate surface area is 95.3 Å². The fourth-order valence-corrected chi connectivity index (χ4v) is 1.13. The van der Waals surface area contributed by atoms with E-state index in [1.54, 1.807) is 0 Å². The van der Waals surface area contributed by atoms with Gasteiger partial charge in [-0.25, -0.2) is 0 Å². The SMILES string of the molecule is CCCOC(C)(C)CCOC(C)(C)CC. The molecule has 0 saturated heterocycles. The minimum Gasteiger partial charge on any atom is -0.375 e. The molecule has 0 aliphatic rings. The summed E-state index contributed by atoms with van der Waals surface area (Å²) < 4.78 is 11.6. The molecule has 0 spiro atoms. The van der Waals surface area contributed by atoms with Crippen molar-refractivity contribution in [3.8, 4) is 0 Å². The van der Waals surface area contributed by atoms with Gasteiger partial charge in [0.2, 0.25) is 0 Å². The standard InChI is InChI=1S/C13H28O2/c1-7-10-14-13(5,6)9-11-15-12(3,4)8-2/h7-11H2,1-6H3. The highest BCUT2D eigenvalue weighted by atomic mass is 16.5. The third-order valence-electron chi connectivity index (χ3n) is 2.75. The Kier molecular flexibility index (Phi) is 6.46. The maximum atomic E-state index is 5.81. The molecule has 0 bridgehead atoms. The molecule has 2 heteroatoms. The molecular weight excluding hydrogens is 188 g/mol. The van der Waals surface area contributed by atoms with E-state index < -0.39 is 0 Å². The Balaban J connectivity index is 3.74. The van der Waals surface area contributed by atoms with Gasteiger partial charge < -0.3 is 9.47 Å². The Morgan fingerprint density at radius 2 is 1.33 bits per heavy atom. The molecular formula is C13H28O2. The quantitative estimate of drug-likeness (QED) is 0.614. The van der Waals surface area contributed by atoms with Crippen LogP contribution in [0.2, 0.25) is 0 Å². The molecule has 0 unspecified atom stereocenters. The minimum atomic E-state index is -0.0557. The molecule has 0 aliphatic heterocycles. The molecule has 2 nitrogen and oxygen atoms in total. The van der Waals surface area contributed by atoms with Gasteiger partial charge in [0.05, 0.1) is 17.8 Å². The van der Waals surface area contributed by atoms with E-state index in [0.29, 0.717) is 0 Å². The molecule has 0 saturated carbocycles. The van der Waals surface area contributed by atoms with Gasteiger partial charge in [-0.05, 0) is 47.0 Å². The molecule has 0 aromatic rings. The zero-order valence-electron chi connectivity index (χ0n) is 11.4. The van der Waals surface area contributed by atoms with Crippen LogP contribution < -0.4 is 0 Å². The fourth-order valence-electron chi connectivity index (χ4n) is 1.13. The monoisotopic (exact) mass is 216 g/mol. The second-order valence-electron chi connectivity index (χ2n) is 5.32. The average Bonchev–Trinajstić information content (AvgIpc) is 2.14. The van der Waals surface area contributed by atoms with E-state index in [0.717, 1.165) is 32.5 Å². The van der Waals surface area contributed by atoms with E-state index in [4.69, 9.17) is 9.47 Å². The van der Waals surface area contributed by atoms with Gasteiger partial charge in [-0.1, -0.05) is 13.8 Å². The third kappa shape index (κ3) is 7.80. The van der Waals surface area contributed by atoms with Crippen LogP contribution in [0.1, 0.15) is 60.8 Å². The molecule has 92 valence electrons. The highest BCUT2D eigenvalue weighted by Gasteiger charge is 2.21. The van der Waals surface area contributed by atoms with Crippen molar-refractivity contribution < 1.29 is 9.47 Å². The van der Waals surface area contributed by atoms with Gasteiger partial charge in [0.15, 0.2) is 0 Å². The van der Waals surface area contributed by atoms with Crippen molar-refractivity contribution >= 4 is 0 Å². The first kappa shape index (κ1) is 14.9. The smallest absolute Gasteiger partial charge is 0.0648 e. The van der Waals surface area contributed by atoms with Crippen LogP contribution in [0.3, 0.4) is 0 Å². The Bertz CT molecular complexity index is 162. The van der Waals surface area contributed by atoms with Crippen LogP contribution in [0, 0.1) is 0 Å². The van der Waals surface area contributed by atoms with Gasteiger partial charge in [0.25, 0.3) is 0 Å². The summed E-state index contributed by atoms with van der Waals surface area (Å²) in [5.74, 6) is 0. The molecule has 0 atom stereocenters. The van der Waals surface area contributed by atoms with E-state index >= 15 is 0 Å². The van der Waals surface area contributed by atoms with E-state index in [9.17, 15) is 0 Å². The zero-order valence-corrected chi connectivity index (χ0v) is 11.4. The molecule has 0 aromatic carbocycles. The van der Waals surface area contributed by atoms with Crippen molar-refractivity contribution in [2.75, 3.05) is 13.2 Å². The van der Waals surface area contributed by atoms with Gasteiger partial charge in [-0.15, -0.1) is 0 Å². The van der Waals surface area contributed by atoms with Crippen LogP contribution in [0.5, 0.6) is 0 Å². The predicted molar refractivity (Wildman–Crippen MR) is 65.3 cm³/mol. The molecule has 0 rings (SSSR count). The molecule has 0 fully saturated rings. The fraction of sp³-hybridized carbons (Fsp3) is 1.00. The van der Waals surface area contributed by atoms with Crippen LogP contribution in [0.15, 0.2) is 0 Å². The Morgan fingerprint density at radius 3 is 1.80 bits per heavy atom. The van der Waals surface area contributed by atoms with Crippen LogP contribution in [-0.2, 0) is 9.47 Å². The van der Waals surface area contributed by atoms with Crippen LogP contribution in [0.4, 0.5) is 0 Å². The molecule has 15 heavy (non-hydrogen) atoms. The molecule has 0 aromatic heterocycles. The van der Waals surface area contributed by atoms with Gasteiger partial charge in [-0.2, -0.15) is 0 Å². The number of hydrogen-bond donors (Lipinski definition) is 0. The van der Waals surface area contributed by atoms with E-state index in [-0.39, 0.29) is 11.2 Å². The first-order valence-corrected chi connectivity index (χ1v) is 6.11. The van der Waals surface area contributed by atoms with Crippen molar-refractivity contribution in [1.82, 2.24) is 0 Å². The molecule has 0 N–H and O–H groups in total. The maximum absolute atomic E-state index is 5.81. The maximum Gasteiger partial charge on any atom is 0.0648 e. The molecule has 0 aliphatic carbocycles. The van der Waals surface area contributed by atoms with Gasteiger partial charge in [0, 0.05) is 6.61 Å². The van der Waals surface area contributed by atoms with Crippen LogP contribution in [0.25, 0.3) is 0 Å². The second kappa shape index (κ2) is 6.49. The zero-order chi connectivity index (χ0) is 11.9. The number of ether oxygens (including phenoxy) is 2. The summed E-state index contributed by atoms with van der Waals surface area (Å²) in [5.41, 5.74) is -0.0549. The van der Waals surface area contributed by atoms with Gasteiger partial charge in [-0.3, -0.25) is 0 Å². The van der Waals surface area contributed by atoms with Crippen molar-refractivity contribution in [2.45, 2.75) is 72.0 Å². The number of rotatable bonds is 8. The topological polar surface area (TPSA) is 18.5 Å². The average molecular weight is 216 g/mol. The van der Waals surface area contributed by atoms with Crippen molar-refractivity contribution in [1.29, 1.82) is 0 Å². The first-order chi connectivity index (χ1) is 6.83. The largest absolute Gasteiger partial charge is 0.375 e. The minimum absolute atomic E-state index is 0.000830. The predicted octanol–water partition coefficient (Wildman–Crippen LogP) is 3.79. The molecule has 0 radical (unpaired) electrons. The van der Waals surface area contributed by atoms with Crippen LogP contribution >= 0.6 is 0 Å². The van der Waals surface area contributed by atoms with Gasteiger partial charge in [0.1, 0.15) is 0 Å². The highest BCUT2D eigenvalue weighted by Crippen LogP contribution is 2.19. The summed E-state index contributed by atoms with van der Waals surface area (Å²) >= 11 is 0. The summed E-state index contributed by atoms with van der Waals surface area (Å²) in [6, 6.07) is 0.